The van der Waals surface area contributed by atoms with Crippen molar-refractivity contribution in [2.75, 3.05) is 31.3 Å². The van der Waals surface area contributed by atoms with Gasteiger partial charge in [0.15, 0.2) is 23.2 Å². The molecule has 1 saturated heterocycles. The molecule has 1 aromatic carbocycles. The summed E-state index contributed by atoms with van der Waals surface area (Å²) >= 11 is 0. The molecule has 0 amide bonds. The van der Waals surface area contributed by atoms with Crippen LogP contribution in [0.3, 0.4) is 0 Å². The van der Waals surface area contributed by atoms with Crippen LogP contribution in [0.5, 0.6) is 5.75 Å². The number of aliphatic hydroxyl groups is 2. The van der Waals surface area contributed by atoms with Gasteiger partial charge in [0.05, 0.1) is 25.6 Å². The van der Waals surface area contributed by atoms with Crippen LogP contribution in [0.4, 0.5) is 16.2 Å². The SMILES string of the molecule is CNc1nc(N)nc2c1ncn2[C@@H]1O[C@H](COP(=O)(NC(C)C(=O)OC(C)C)Oc2ccccc2)[C@@H](O)[C@]1(F)CO. The molecule has 0 spiro atoms. The van der Waals surface area contributed by atoms with E-state index in [1.54, 1.807) is 39.1 Å². The molecule has 3 heterocycles. The minimum absolute atomic E-state index is 0.0772. The smallest absolute Gasteiger partial charge is 0.459 e. The zero-order valence-electron chi connectivity index (χ0n) is 22.8. The monoisotopic (exact) mass is 597 g/mol. The van der Waals surface area contributed by atoms with E-state index < -0.39 is 63.2 Å². The fraction of sp³-hybridized carbons (Fsp3) is 0.500. The van der Waals surface area contributed by atoms with Crippen LogP contribution in [0.1, 0.15) is 27.0 Å². The van der Waals surface area contributed by atoms with Gasteiger partial charge in [0, 0.05) is 7.05 Å². The van der Waals surface area contributed by atoms with Gasteiger partial charge in [-0.2, -0.15) is 15.1 Å². The van der Waals surface area contributed by atoms with Crippen molar-refractivity contribution in [3.63, 3.8) is 0 Å². The van der Waals surface area contributed by atoms with Gasteiger partial charge in [-0.15, -0.1) is 0 Å². The van der Waals surface area contributed by atoms with Crippen molar-refractivity contribution in [2.45, 2.75) is 57.0 Å². The molecule has 0 bridgehead atoms. The Hall–Kier alpha value is -3.40. The standard InChI is InChI=1S/C24H33FN7O8P/c1-13(2)38-21(35)14(3)31-41(36,40-15-8-6-5-7-9-15)37-10-16-18(34)24(25,11-33)22(39-16)32-12-28-17-19(27-4)29-23(26)30-20(17)32/h5-9,12-14,16,18,22,33-34H,10-11H2,1-4H3,(H,31,36)(H3,26,27,29,30)/t14?,16-,18-,22-,24-,41?/m1/s1. The molecule has 224 valence electrons. The molecule has 2 unspecified atom stereocenters. The number of benzene rings is 1. The van der Waals surface area contributed by atoms with E-state index in [4.69, 9.17) is 24.3 Å². The Kier molecular flexibility index (Phi) is 9.11. The van der Waals surface area contributed by atoms with E-state index in [9.17, 15) is 19.6 Å². The van der Waals surface area contributed by atoms with E-state index in [1.165, 1.54) is 25.4 Å². The number of ether oxygens (including phenoxy) is 2. The van der Waals surface area contributed by atoms with Crippen molar-refractivity contribution in [1.82, 2.24) is 24.6 Å². The summed E-state index contributed by atoms with van der Waals surface area (Å²) < 4.78 is 53.2. The lowest BCUT2D eigenvalue weighted by atomic mass is 9.97. The van der Waals surface area contributed by atoms with Gasteiger partial charge >= 0.3 is 13.7 Å². The number of imidazole rings is 1. The molecule has 1 aliphatic heterocycles. The van der Waals surface area contributed by atoms with Gasteiger partial charge in [0.2, 0.25) is 11.6 Å². The van der Waals surface area contributed by atoms with E-state index in [0.29, 0.717) is 0 Å². The second-order valence-corrected chi connectivity index (χ2v) is 11.3. The number of carbonyl (C=O) groups is 1. The van der Waals surface area contributed by atoms with Crippen LogP contribution in [0, 0.1) is 0 Å². The number of anilines is 2. The van der Waals surface area contributed by atoms with Crippen LogP contribution in [0.2, 0.25) is 0 Å². The molecule has 15 nitrogen and oxygen atoms in total. The summed E-state index contributed by atoms with van der Waals surface area (Å²) in [6.07, 6.45) is -4.27. The maximum atomic E-state index is 16.1. The molecule has 1 aliphatic rings. The van der Waals surface area contributed by atoms with Gasteiger partial charge in [-0.25, -0.2) is 13.9 Å². The first kappa shape index (κ1) is 30.6. The van der Waals surface area contributed by atoms with E-state index >= 15 is 4.39 Å². The Labute approximate surface area is 234 Å². The maximum absolute atomic E-state index is 16.1. The Balaban J connectivity index is 1.59. The van der Waals surface area contributed by atoms with Crippen LogP contribution in [-0.4, -0.2) is 86.0 Å². The molecule has 0 radical (unpaired) electrons. The number of aromatic nitrogens is 4. The number of nitrogens with zero attached hydrogens (tertiary/aromatic N) is 4. The van der Waals surface area contributed by atoms with Crippen molar-refractivity contribution in [2.24, 2.45) is 0 Å². The summed E-state index contributed by atoms with van der Waals surface area (Å²) in [6.45, 7) is 2.90. The van der Waals surface area contributed by atoms with Crippen molar-refractivity contribution in [1.29, 1.82) is 0 Å². The largest absolute Gasteiger partial charge is 0.462 e. The van der Waals surface area contributed by atoms with E-state index in [-0.39, 0.29) is 28.7 Å². The summed E-state index contributed by atoms with van der Waals surface area (Å²) in [5.41, 5.74) is 3.35. The molecule has 2 aromatic heterocycles. The average molecular weight is 598 g/mol. The first-order valence-corrected chi connectivity index (χ1v) is 14.2. The molecular weight excluding hydrogens is 564 g/mol. The third-order valence-electron chi connectivity index (χ3n) is 6.16. The summed E-state index contributed by atoms with van der Waals surface area (Å²) in [6, 6.07) is 6.88. The average Bonchev–Trinajstić information content (AvgIpc) is 3.45. The summed E-state index contributed by atoms with van der Waals surface area (Å²) in [5, 5.41) is 26.2. The molecule has 3 aromatic rings. The highest BCUT2D eigenvalue weighted by molar-refractivity contribution is 7.52. The number of rotatable bonds is 12. The van der Waals surface area contributed by atoms with Gasteiger partial charge in [-0.05, 0) is 32.9 Å². The number of alkyl halides is 1. The number of hydrogen-bond donors (Lipinski definition) is 5. The van der Waals surface area contributed by atoms with E-state index in [1.807, 2.05) is 0 Å². The Morgan fingerprint density at radius 1 is 1.29 bits per heavy atom. The number of carbonyl (C=O) groups excluding carboxylic acids is 1. The molecular formula is C24H33FN7O8P. The van der Waals surface area contributed by atoms with Crippen LogP contribution >= 0.6 is 7.75 Å². The quantitative estimate of drug-likeness (QED) is 0.148. The highest BCUT2D eigenvalue weighted by Gasteiger charge is 2.59. The second kappa shape index (κ2) is 12.2. The summed E-state index contributed by atoms with van der Waals surface area (Å²) in [5.74, 6) is -0.426. The van der Waals surface area contributed by atoms with E-state index in [2.05, 4.69) is 25.4 Å². The number of nitrogens with one attached hydrogen (secondary N) is 2. The van der Waals surface area contributed by atoms with Crippen LogP contribution in [0.25, 0.3) is 11.2 Å². The third-order valence-corrected chi connectivity index (χ3v) is 7.81. The normalized spacial score (nSPS) is 24.7. The zero-order chi connectivity index (χ0) is 29.9. The molecule has 6 N–H and O–H groups in total. The van der Waals surface area contributed by atoms with Gasteiger partial charge in [-0.1, -0.05) is 18.2 Å². The van der Waals surface area contributed by atoms with Crippen LogP contribution in [0.15, 0.2) is 36.7 Å². The number of fused-ring (bicyclic) bond motifs is 1. The van der Waals surface area contributed by atoms with Gasteiger partial charge < -0.3 is 35.3 Å². The number of aliphatic hydroxyl groups excluding tert-OH is 2. The Morgan fingerprint density at radius 2 is 2.00 bits per heavy atom. The van der Waals surface area contributed by atoms with Crippen LogP contribution < -0.4 is 20.7 Å². The van der Waals surface area contributed by atoms with Gasteiger partial charge in [0.1, 0.15) is 24.0 Å². The zero-order valence-corrected chi connectivity index (χ0v) is 23.7. The fourth-order valence-electron chi connectivity index (χ4n) is 4.19. The lowest BCUT2D eigenvalue weighted by Gasteiger charge is -2.27. The fourth-order valence-corrected chi connectivity index (χ4v) is 5.69. The molecule has 0 saturated carbocycles. The number of halogens is 1. The molecule has 1 fully saturated rings. The molecule has 41 heavy (non-hydrogen) atoms. The maximum Gasteiger partial charge on any atom is 0.459 e. The topological polar surface area (TPSA) is 205 Å². The predicted molar refractivity (Wildman–Crippen MR) is 145 cm³/mol. The number of hydrogen-bond acceptors (Lipinski definition) is 13. The number of esters is 1. The van der Waals surface area contributed by atoms with Crippen molar-refractivity contribution >= 4 is 36.6 Å². The molecule has 17 heteroatoms. The second-order valence-electron chi connectivity index (χ2n) is 9.60. The molecule has 6 atom stereocenters. The first-order valence-electron chi connectivity index (χ1n) is 12.7. The highest BCUT2D eigenvalue weighted by atomic mass is 31.2. The van der Waals surface area contributed by atoms with E-state index in [0.717, 1.165) is 4.57 Å². The van der Waals surface area contributed by atoms with Crippen molar-refractivity contribution in [3.05, 3.63) is 36.7 Å². The number of para-hydroxylation sites is 1. The third kappa shape index (κ3) is 6.42. The summed E-state index contributed by atoms with van der Waals surface area (Å²) in [4.78, 5) is 24.7. The summed E-state index contributed by atoms with van der Waals surface area (Å²) in [7, 11) is -2.76. The minimum atomic E-state index is -4.35. The Bertz CT molecular complexity index is 1410. The number of nitrogen functional groups attached to an aromatic ring is 1. The number of nitrogens with two attached hydrogens (primary N) is 1. The minimum Gasteiger partial charge on any atom is -0.462 e. The Morgan fingerprint density at radius 3 is 2.63 bits per heavy atom. The van der Waals surface area contributed by atoms with Crippen molar-refractivity contribution < 1.29 is 42.5 Å². The van der Waals surface area contributed by atoms with Gasteiger partial charge in [0.25, 0.3) is 0 Å². The lowest BCUT2D eigenvalue weighted by molar-refractivity contribution is -0.149. The van der Waals surface area contributed by atoms with Crippen molar-refractivity contribution in [3.8, 4) is 5.75 Å². The van der Waals surface area contributed by atoms with Gasteiger partial charge in [-0.3, -0.25) is 13.9 Å². The highest BCUT2D eigenvalue weighted by Crippen LogP contribution is 2.48. The predicted octanol–water partition coefficient (Wildman–Crippen LogP) is 1.54. The molecule has 4 rings (SSSR count). The lowest BCUT2D eigenvalue weighted by Crippen LogP contribution is -2.46. The first-order chi connectivity index (χ1) is 19.4. The molecule has 0 aliphatic carbocycles. The van der Waals surface area contributed by atoms with Crippen LogP contribution in [-0.2, 0) is 23.4 Å².